The molecular formula is C15H20N4O2. The third-order valence-electron chi connectivity index (χ3n) is 2.62. The third-order valence-corrected chi connectivity index (χ3v) is 2.62. The number of hydrogen-bond acceptors (Lipinski definition) is 6. The van der Waals surface area contributed by atoms with Crippen LogP contribution in [0.25, 0.3) is 0 Å². The lowest BCUT2D eigenvalue weighted by Crippen LogP contribution is -2.13. The smallest absolute Gasteiger partial charge is 0.234 e. The summed E-state index contributed by atoms with van der Waals surface area (Å²) in [6.07, 6.45) is 4.20. The summed E-state index contributed by atoms with van der Waals surface area (Å²) in [7, 11) is 0. The molecule has 1 aromatic carbocycles. The Kier molecular flexibility index (Phi) is 5.63. The van der Waals surface area contributed by atoms with Crippen LogP contribution in [0.1, 0.15) is 13.3 Å². The van der Waals surface area contributed by atoms with Crippen molar-refractivity contribution >= 4 is 11.5 Å². The second kappa shape index (κ2) is 7.94. The molecule has 6 nitrogen and oxygen atoms in total. The first-order chi connectivity index (χ1) is 10.3. The molecule has 112 valence electrons. The van der Waals surface area contributed by atoms with E-state index in [1.54, 1.807) is 12.4 Å². The Balaban J connectivity index is 1.74. The van der Waals surface area contributed by atoms with E-state index in [9.17, 15) is 0 Å². The highest BCUT2D eigenvalue weighted by Crippen LogP contribution is 2.13. The van der Waals surface area contributed by atoms with Crippen LogP contribution in [0.15, 0.2) is 36.7 Å². The van der Waals surface area contributed by atoms with Gasteiger partial charge in [0, 0.05) is 5.69 Å². The van der Waals surface area contributed by atoms with E-state index in [1.165, 1.54) is 0 Å². The van der Waals surface area contributed by atoms with Crippen molar-refractivity contribution in [3.8, 4) is 11.6 Å². The molecule has 1 heterocycles. The van der Waals surface area contributed by atoms with Gasteiger partial charge in [0.2, 0.25) is 5.88 Å². The molecule has 3 N–H and O–H groups in total. The van der Waals surface area contributed by atoms with E-state index < -0.39 is 0 Å². The molecule has 0 bridgehead atoms. The van der Waals surface area contributed by atoms with Crippen LogP contribution in [0.3, 0.4) is 0 Å². The van der Waals surface area contributed by atoms with Gasteiger partial charge >= 0.3 is 0 Å². The average Bonchev–Trinajstić information content (AvgIpc) is 2.52. The number of benzene rings is 1. The van der Waals surface area contributed by atoms with Crippen LogP contribution < -0.4 is 20.5 Å². The van der Waals surface area contributed by atoms with Crippen molar-refractivity contribution in [3.05, 3.63) is 36.7 Å². The number of rotatable bonds is 8. The van der Waals surface area contributed by atoms with Gasteiger partial charge in [0.25, 0.3) is 0 Å². The fourth-order valence-electron chi connectivity index (χ4n) is 1.62. The van der Waals surface area contributed by atoms with Crippen LogP contribution in [0.2, 0.25) is 0 Å². The summed E-state index contributed by atoms with van der Waals surface area (Å²) in [6, 6.07) is 7.30. The van der Waals surface area contributed by atoms with Crippen LogP contribution in [-0.4, -0.2) is 29.7 Å². The van der Waals surface area contributed by atoms with Crippen molar-refractivity contribution < 1.29 is 9.47 Å². The Labute approximate surface area is 124 Å². The molecule has 1 aromatic heterocycles. The SMILES string of the molecule is CCCOc1cncc(NCCOc2ccc(N)cc2)n1. The Morgan fingerprint density at radius 2 is 1.90 bits per heavy atom. The predicted octanol–water partition coefficient (Wildman–Crippen LogP) is 2.34. The number of anilines is 2. The number of ether oxygens (including phenoxy) is 2. The maximum atomic E-state index is 5.61. The summed E-state index contributed by atoms with van der Waals surface area (Å²) < 4.78 is 11.0. The fourth-order valence-corrected chi connectivity index (χ4v) is 1.62. The Bertz CT molecular complexity index is 546. The van der Waals surface area contributed by atoms with E-state index in [4.69, 9.17) is 15.2 Å². The molecule has 0 aliphatic carbocycles. The molecule has 0 spiro atoms. The van der Waals surface area contributed by atoms with Crippen molar-refractivity contribution in [3.63, 3.8) is 0 Å². The van der Waals surface area contributed by atoms with Crippen molar-refractivity contribution in [2.45, 2.75) is 13.3 Å². The van der Waals surface area contributed by atoms with E-state index in [0.29, 0.717) is 31.5 Å². The Morgan fingerprint density at radius 3 is 2.67 bits per heavy atom. The maximum absolute atomic E-state index is 5.61. The molecule has 2 aromatic rings. The van der Waals surface area contributed by atoms with Crippen molar-refractivity contribution in [2.75, 3.05) is 30.8 Å². The molecule has 6 heteroatoms. The second-order valence-electron chi connectivity index (χ2n) is 4.44. The van der Waals surface area contributed by atoms with E-state index in [0.717, 1.165) is 17.9 Å². The summed E-state index contributed by atoms with van der Waals surface area (Å²) in [5.74, 6) is 1.99. The number of nitrogens with one attached hydrogen (secondary N) is 1. The monoisotopic (exact) mass is 288 g/mol. The third kappa shape index (κ3) is 5.18. The Hall–Kier alpha value is -2.50. The van der Waals surface area contributed by atoms with Gasteiger partial charge in [-0.2, -0.15) is 4.98 Å². The molecule has 0 saturated carbocycles. The topological polar surface area (TPSA) is 82.3 Å². The van der Waals surface area contributed by atoms with Gasteiger partial charge in [0.05, 0.1) is 25.5 Å². The van der Waals surface area contributed by atoms with Crippen LogP contribution >= 0.6 is 0 Å². The summed E-state index contributed by atoms with van der Waals surface area (Å²) in [4.78, 5) is 8.38. The standard InChI is InChI=1S/C15H20N4O2/c1-2-8-21-15-11-17-10-14(19-15)18-7-9-20-13-5-3-12(16)4-6-13/h3-6,10-11H,2,7-9,16H2,1H3,(H,18,19). The largest absolute Gasteiger partial charge is 0.492 e. The minimum atomic E-state index is 0.519. The fraction of sp³-hybridized carbons (Fsp3) is 0.333. The first kappa shape index (κ1) is 14.9. The molecule has 0 amide bonds. The van der Waals surface area contributed by atoms with Gasteiger partial charge in [-0.25, -0.2) is 0 Å². The summed E-state index contributed by atoms with van der Waals surface area (Å²) in [6.45, 7) is 3.82. The zero-order valence-corrected chi connectivity index (χ0v) is 12.1. The van der Waals surface area contributed by atoms with Crippen LogP contribution in [0.5, 0.6) is 11.6 Å². The van der Waals surface area contributed by atoms with Crippen molar-refractivity contribution in [1.82, 2.24) is 9.97 Å². The predicted molar refractivity (Wildman–Crippen MR) is 82.7 cm³/mol. The van der Waals surface area contributed by atoms with Crippen LogP contribution in [0.4, 0.5) is 11.5 Å². The zero-order valence-electron chi connectivity index (χ0n) is 12.1. The molecule has 0 atom stereocenters. The van der Waals surface area contributed by atoms with Crippen molar-refractivity contribution in [1.29, 1.82) is 0 Å². The molecule has 0 saturated heterocycles. The average molecular weight is 288 g/mol. The lowest BCUT2D eigenvalue weighted by molar-refractivity contribution is 0.304. The summed E-state index contributed by atoms with van der Waals surface area (Å²) in [5.41, 5.74) is 6.33. The highest BCUT2D eigenvalue weighted by atomic mass is 16.5. The molecule has 0 unspecified atom stereocenters. The van der Waals surface area contributed by atoms with Gasteiger partial charge in [-0.1, -0.05) is 6.92 Å². The van der Waals surface area contributed by atoms with E-state index >= 15 is 0 Å². The van der Waals surface area contributed by atoms with Gasteiger partial charge in [-0.05, 0) is 30.7 Å². The number of nitrogens with zero attached hydrogens (tertiary/aromatic N) is 2. The molecule has 0 fully saturated rings. The first-order valence-corrected chi connectivity index (χ1v) is 6.95. The molecule has 0 aliphatic rings. The molecule has 0 aliphatic heterocycles. The minimum Gasteiger partial charge on any atom is -0.492 e. The number of hydrogen-bond donors (Lipinski definition) is 2. The van der Waals surface area contributed by atoms with Crippen molar-refractivity contribution in [2.24, 2.45) is 0 Å². The highest BCUT2D eigenvalue weighted by molar-refractivity contribution is 5.41. The van der Waals surface area contributed by atoms with Gasteiger partial charge in [-0.3, -0.25) is 4.98 Å². The van der Waals surface area contributed by atoms with Gasteiger partial charge in [0.1, 0.15) is 18.2 Å². The van der Waals surface area contributed by atoms with Gasteiger partial charge in [0.15, 0.2) is 0 Å². The quantitative estimate of drug-likeness (QED) is 0.573. The highest BCUT2D eigenvalue weighted by Gasteiger charge is 1.99. The van der Waals surface area contributed by atoms with E-state index in [2.05, 4.69) is 15.3 Å². The minimum absolute atomic E-state index is 0.519. The zero-order chi connectivity index (χ0) is 14.9. The summed E-state index contributed by atoms with van der Waals surface area (Å²) >= 11 is 0. The van der Waals surface area contributed by atoms with Crippen LogP contribution in [0, 0.1) is 0 Å². The van der Waals surface area contributed by atoms with E-state index in [1.807, 2.05) is 31.2 Å². The molecular weight excluding hydrogens is 268 g/mol. The molecule has 0 radical (unpaired) electrons. The first-order valence-electron chi connectivity index (χ1n) is 6.95. The summed E-state index contributed by atoms with van der Waals surface area (Å²) in [5, 5.41) is 3.14. The van der Waals surface area contributed by atoms with E-state index in [-0.39, 0.29) is 0 Å². The van der Waals surface area contributed by atoms with Crippen LogP contribution in [-0.2, 0) is 0 Å². The number of nitrogens with two attached hydrogens (primary N) is 1. The normalized spacial score (nSPS) is 10.1. The molecule has 2 rings (SSSR count). The lowest BCUT2D eigenvalue weighted by Gasteiger charge is -2.09. The van der Waals surface area contributed by atoms with Gasteiger partial charge in [-0.15, -0.1) is 0 Å². The lowest BCUT2D eigenvalue weighted by atomic mass is 10.3. The number of aromatic nitrogens is 2. The Morgan fingerprint density at radius 1 is 1.10 bits per heavy atom. The number of nitrogen functional groups attached to an aromatic ring is 1. The maximum Gasteiger partial charge on any atom is 0.234 e. The van der Waals surface area contributed by atoms with Gasteiger partial charge < -0.3 is 20.5 Å². The molecule has 21 heavy (non-hydrogen) atoms. The second-order valence-corrected chi connectivity index (χ2v) is 4.44.